The summed E-state index contributed by atoms with van der Waals surface area (Å²) in [7, 11) is 0. The van der Waals surface area contributed by atoms with Gasteiger partial charge in [0.2, 0.25) is 0 Å². The number of esters is 1. The molecule has 2 rings (SSSR count). The summed E-state index contributed by atoms with van der Waals surface area (Å²) in [5.74, 6) is -1.12. The molecule has 2 aromatic carbocycles. The molecular formula is C19H18ClNO4. The SMILES string of the molecule is O=C(COC(=O)CCC(=O)c1ccccc1)NCc1ccc(Cl)cc1. The van der Waals surface area contributed by atoms with Gasteiger partial charge >= 0.3 is 5.97 Å². The van der Waals surface area contributed by atoms with E-state index in [-0.39, 0.29) is 25.2 Å². The van der Waals surface area contributed by atoms with Crippen LogP contribution in [0.5, 0.6) is 0 Å². The molecule has 0 heterocycles. The highest BCUT2D eigenvalue weighted by molar-refractivity contribution is 6.30. The minimum Gasteiger partial charge on any atom is -0.456 e. The minimum absolute atomic E-state index is 0.0508. The van der Waals surface area contributed by atoms with Crippen LogP contribution in [0.3, 0.4) is 0 Å². The number of ether oxygens (including phenoxy) is 1. The van der Waals surface area contributed by atoms with Crippen LogP contribution in [-0.4, -0.2) is 24.3 Å². The number of hydrogen-bond acceptors (Lipinski definition) is 4. The van der Waals surface area contributed by atoms with Crippen LogP contribution in [0.15, 0.2) is 54.6 Å². The molecule has 1 N–H and O–H groups in total. The second-order valence-corrected chi connectivity index (χ2v) is 5.79. The molecular weight excluding hydrogens is 342 g/mol. The fourth-order valence-electron chi connectivity index (χ4n) is 2.06. The van der Waals surface area contributed by atoms with Crippen molar-refractivity contribution in [3.05, 3.63) is 70.7 Å². The van der Waals surface area contributed by atoms with Gasteiger partial charge in [0.15, 0.2) is 12.4 Å². The molecule has 1 amide bonds. The van der Waals surface area contributed by atoms with Crippen LogP contribution in [0.1, 0.15) is 28.8 Å². The van der Waals surface area contributed by atoms with Gasteiger partial charge in [-0.15, -0.1) is 0 Å². The van der Waals surface area contributed by atoms with Crippen LogP contribution in [0.25, 0.3) is 0 Å². The third-order valence-electron chi connectivity index (χ3n) is 3.42. The molecule has 0 atom stereocenters. The highest BCUT2D eigenvalue weighted by Gasteiger charge is 2.11. The Bertz CT molecular complexity index is 729. The lowest BCUT2D eigenvalue weighted by Crippen LogP contribution is -2.28. The number of rotatable bonds is 8. The Morgan fingerprint density at radius 3 is 2.28 bits per heavy atom. The Balaban J connectivity index is 1.64. The lowest BCUT2D eigenvalue weighted by Gasteiger charge is -2.07. The molecule has 0 aromatic heterocycles. The number of halogens is 1. The average Bonchev–Trinajstić information content (AvgIpc) is 2.64. The van der Waals surface area contributed by atoms with Gasteiger partial charge < -0.3 is 10.1 Å². The van der Waals surface area contributed by atoms with Gasteiger partial charge in [-0.2, -0.15) is 0 Å². The number of carbonyl (C=O) groups excluding carboxylic acids is 3. The number of carbonyl (C=O) groups is 3. The van der Waals surface area contributed by atoms with E-state index in [1.165, 1.54) is 0 Å². The van der Waals surface area contributed by atoms with Crippen LogP contribution >= 0.6 is 11.6 Å². The maximum atomic E-state index is 11.9. The standard InChI is InChI=1S/C19H18ClNO4/c20-16-8-6-14(7-9-16)12-21-18(23)13-25-19(24)11-10-17(22)15-4-2-1-3-5-15/h1-9H,10-13H2,(H,21,23). The zero-order valence-corrected chi connectivity index (χ0v) is 14.3. The molecule has 0 saturated carbocycles. The molecule has 0 bridgehead atoms. The second-order valence-electron chi connectivity index (χ2n) is 5.35. The lowest BCUT2D eigenvalue weighted by molar-refractivity contribution is -0.148. The second kappa shape index (κ2) is 9.59. The molecule has 0 aliphatic carbocycles. The van der Waals surface area contributed by atoms with E-state index in [0.29, 0.717) is 17.1 Å². The van der Waals surface area contributed by atoms with E-state index < -0.39 is 11.9 Å². The molecule has 0 radical (unpaired) electrons. The smallest absolute Gasteiger partial charge is 0.306 e. The summed E-state index contributed by atoms with van der Waals surface area (Å²) in [6.07, 6.45) is -0.00652. The fraction of sp³-hybridized carbons (Fsp3) is 0.211. The van der Waals surface area contributed by atoms with Gasteiger partial charge in [-0.25, -0.2) is 0 Å². The maximum absolute atomic E-state index is 11.9. The molecule has 0 aliphatic heterocycles. The van der Waals surface area contributed by atoms with Crippen molar-refractivity contribution in [2.75, 3.05) is 6.61 Å². The van der Waals surface area contributed by atoms with Crippen LogP contribution in [0.4, 0.5) is 0 Å². The number of hydrogen-bond donors (Lipinski definition) is 1. The summed E-state index contributed by atoms with van der Waals surface area (Å²) in [5.41, 5.74) is 1.44. The number of Topliss-reactive ketones (excluding diaryl/α,β-unsaturated/α-hetero) is 1. The van der Waals surface area contributed by atoms with E-state index in [0.717, 1.165) is 5.56 Å². The Hall–Kier alpha value is -2.66. The first-order valence-electron chi connectivity index (χ1n) is 7.79. The summed E-state index contributed by atoms with van der Waals surface area (Å²) in [5, 5.41) is 3.26. The van der Waals surface area contributed by atoms with Gasteiger partial charge in [-0.05, 0) is 17.7 Å². The molecule has 25 heavy (non-hydrogen) atoms. The van der Waals surface area contributed by atoms with Crippen molar-refractivity contribution >= 4 is 29.3 Å². The Labute approximate surface area is 150 Å². The lowest BCUT2D eigenvalue weighted by atomic mass is 10.1. The third-order valence-corrected chi connectivity index (χ3v) is 3.67. The van der Waals surface area contributed by atoms with E-state index in [4.69, 9.17) is 16.3 Å². The quantitative estimate of drug-likeness (QED) is 0.580. The highest BCUT2D eigenvalue weighted by atomic mass is 35.5. The van der Waals surface area contributed by atoms with Gasteiger partial charge in [-0.3, -0.25) is 14.4 Å². The summed E-state index contributed by atoms with van der Waals surface area (Å²) in [6.45, 7) is -0.0496. The van der Waals surface area contributed by atoms with Crippen molar-refractivity contribution in [1.82, 2.24) is 5.32 Å². The van der Waals surface area contributed by atoms with Crippen LogP contribution in [0.2, 0.25) is 5.02 Å². The number of ketones is 1. The molecule has 0 spiro atoms. The molecule has 130 valence electrons. The Morgan fingerprint density at radius 1 is 0.920 bits per heavy atom. The Morgan fingerprint density at radius 2 is 1.60 bits per heavy atom. The van der Waals surface area contributed by atoms with Crippen LogP contribution < -0.4 is 5.32 Å². The molecule has 5 nitrogen and oxygen atoms in total. The van der Waals surface area contributed by atoms with E-state index in [1.807, 2.05) is 6.07 Å². The number of amides is 1. The maximum Gasteiger partial charge on any atom is 0.306 e. The van der Waals surface area contributed by atoms with Crippen molar-refractivity contribution in [3.8, 4) is 0 Å². The first kappa shape index (κ1) is 18.7. The van der Waals surface area contributed by atoms with E-state index >= 15 is 0 Å². The van der Waals surface area contributed by atoms with Crippen LogP contribution in [-0.2, 0) is 20.9 Å². The minimum atomic E-state index is -0.578. The fourth-order valence-corrected chi connectivity index (χ4v) is 2.18. The van der Waals surface area contributed by atoms with Gasteiger partial charge in [0.1, 0.15) is 0 Å². The van der Waals surface area contributed by atoms with Crippen molar-refractivity contribution < 1.29 is 19.1 Å². The van der Waals surface area contributed by atoms with Gasteiger partial charge in [0.05, 0.1) is 6.42 Å². The molecule has 0 fully saturated rings. The summed E-state index contributed by atoms with van der Waals surface area (Å²) < 4.78 is 4.87. The van der Waals surface area contributed by atoms with E-state index in [2.05, 4.69) is 5.32 Å². The van der Waals surface area contributed by atoms with Crippen molar-refractivity contribution in [1.29, 1.82) is 0 Å². The first-order valence-corrected chi connectivity index (χ1v) is 8.17. The summed E-state index contributed by atoms with van der Waals surface area (Å²) >= 11 is 5.78. The zero-order valence-electron chi connectivity index (χ0n) is 13.5. The van der Waals surface area contributed by atoms with Crippen molar-refractivity contribution in [2.24, 2.45) is 0 Å². The molecule has 2 aromatic rings. The van der Waals surface area contributed by atoms with Gasteiger partial charge in [-0.1, -0.05) is 54.1 Å². The highest BCUT2D eigenvalue weighted by Crippen LogP contribution is 2.09. The van der Waals surface area contributed by atoms with Crippen molar-refractivity contribution in [3.63, 3.8) is 0 Å². The first-order chi connectivity index (χ1) is 12.0. The van der Waals surface area contributed by atoms with E-state index in [1.54, 1.807) is 48.5 Å². The average molecular weight is 360 g/mol. The molecule has 0 unspecified atom stereocenters. The van der Waals surface area contributed by atoms with Gasteiger partial charge in [0.25, 0.3) is 5.91 Å². The third kappa shape index (κ3) is 6.77. The molecule has 0 aliphatic rings. The summed E-state index contributed by atoms with van der Waals surface area (Å²) in [4.78, 5) is 35.2. The largest absolute Gasteiger partial charge is 0.456 e. The number of benzene rings is 2. The topological polar surface area (TPSA) is 72.5 Å². The molecule has 0 saturated heterocycles. The Kier molecular flexibility index (Phi) is 7.16. The number of nitrogens with one attached hydrogen (secondary N) is 1. The van der Waals surface area contributed by atoms with Crippen LogP contribution in [0, 0.1) is 0 Å². The van der Waals surface area contributed by atoms with Crippen molar-refractivity contribution in [2.45, 2.75) is 19.4 Å². The predicted molar refractivity (Wildman–Crippen MR) is 94.3 cm³/mol. The monoisotopic (exact) mass is 359 g/mol. The predicted octanol–water partition coefficient (Wildman–Crippen LogP) is 3.16. The van der Waals surface area contributed by atoms with Gasteiger partial charge in [0, 0.05) is 23.6 Å². The van der Waals surface area contributed by atoms with E-state index in [9.17, 15) is 14.4 Å². The molecule has 6 heteroatoms. The normalized spacial score (nSPS) is 10.1. The zero-order chi connectivity index (χ0) is 18.1. The summed E-state index contributed by atoms with van der Waals surface area (Å²) in [6, 6.07) is 15.8.